The zero-order valence-electron chi connectivity index (χ0n) is 9.81. The first-order chi connectivity index (χ1) is 9.13. The zero-order valence-corrected chi connectivity index (χ0v) is 10.6. The van der Waals surface area contributed by atoms with Crippen LogP contribution in [-0.2, 0) is 0 Å². The molecular formula is C12H8ClN3O3. The lowest BCUT2D eigenvalue weighted by Crippen LogP contribution is -2.07. The van der Waals surface area contributed by atoms with Gasteiger partial charge in [-0.3, -0.25) is 4.79 Å². The van der Waals surface area contributed by atoms with Crippen molar-refractivity contribution in [2.24, 2.45) is 0 Å². The Labute approximate surface area is 113 Å². The third-order valence-corrected chi connectivity index (χ3v) is 2.56. The molecule has 6 nitrogen and oxygen atoms in total. The number of hydrogen-bond donors (Lipinski definition) is 1. The average molecular weight is 278 g/mol. The molecule has 0 aliphatic rings. The SMILES string of the molecule is COc1cc(C#N)cc(Oc2nc[nH]c(=O)c2Cl)c1. The van der Waals surface area contributed by atoms with E-state index in [-0.39, 0.29) is 10.9 Å². The first kappa shape index (κ1) is 12.9. The molecule has 2 rings (SSSR count). The van der Waals surface area contributed by atoms with Gasteiger partial charge in [-0.1, -0.05) is 11.6 Å². The van der Waals surface area contributed by atoms with Crippen LogP contribution in [0.5, 0.6) is 17.4 Å². The van der Waals surface area contributed by atoms with Gasteiger partial charge in [-0.25, -0.2) is 4.98 Å². The van der Waals surface area contributed by atoms with Crippen molar-refractivity contribution in [3.05, 3.63) is 45.5 Å². The highest BCUT2D eigenvalue weighted by Gasteiger charge is 2.10. The molecule has 1 heterocycles. The molecule has 0 atom stereocenters. The number of nitrogens with zero attached hydrogens (tertiary/aromatic N) is 2. The molecule has 0 saturated heterocycles. The molecular weight excluding hydrogens is 270 g/mol. The van der Waals surface area contributed by atoms with E-state index in [9.17, 15) is 4.79 Å². The highest BCUT2D eigenvalue weighted by Crippen LogP contribution is 2.28. The van der Waals surface area contributed by atoms with Gasteiger partial charge in [0.1, 0.15) is 11.5 Å². The van der Waals surface area contributed by atoms with Crippen molar-refractivity contribution in [1.29, 1.82) is 5.26 Å². The minimum atomic E-state index is -0.505. The molecule has 0 spiro atoms. The van der Waals surface area contributed by atoms with Crippen molar-refractivity contribution in [3.63, 3.8) is 0 Å². The van der Waals surface area contributed by atoms with Crippen molar-refractivity contribution in [2.45, 2.75) is 0 Å². The molecule has 0 aliphatic carbocycles. The van der Waals surface area contributed by atoms with E-state index in [0.717, 1.165) is 0 Å². The van der Waals surface area contributed by atoms with Crippen LogP contribution in [0.4, 0.5) is 0 Å². The quantitative estimate of drug-likeness (QED) is 0.928. The number of nitrogens with one attached hydrogen (secondary N) is 1. The van der Waals surface area contributed by atoms with E-state index >= 15 is 0 Å². The highest BCUT2D eigenvalue weighted by atomic mass is 35.5. The lowest BCUT2D eigenvalue weighted by molar-refractivity contribution is 0.407. The molecule has 7 heteroatoms. The van der Waals surface area contributed by atoms with Crippen LogP contribution in [0.3, 0.4) is 0 Å². The van der Waals surface area contributed by atoms with Crippen LogP contribution in [0.25, 0.3) is 0 Å². The first-order valence-electron chi connectivity index (χ1n) is 5.14. The summed E-state index contributed by atoms with van der Waals surface area (Å²) in [6, 6.07) is 6.57. The Kier molecular flexibility index (Phi) is 3.68. The van der Waals surface area contributed by atoms with Gasteiger partial charge in [0.05, 0.1) is 25.1 Å². The molecule has 0 amide bonds. The maximum atomic E-state index is 11.3. The number of benzene rings is 1. The lowest BCUT2D eigenvalue weighted by atomic mass is 10.2. The second kappa shape index (κ2) is 5.42. The van der Waals surface area contributed by atoms with Crippen molar-refractivity contribution in [2.75, 3.05) is 7.11 Å². The van der Waals surface area contributed by atoms with E-state index in [0.29, 0.717) is 17.1 Å². The Balaban J connectivity index is 2.41. The van der Waals surface area contributed by atoms with Gasteiger partial charge in [-0.2, -0.15) is 5.26 Å². The Morgan fingerprint density at radius 2 is 2.11 bits per heavy atom. The smallest absolute Gasteiger partial charge is 0.273 e. The van der Waals surface area contributed by atoms with Gasteiger partial charge in [0.15, 0.2) is 5.02 Å². The summed E-state index contributed by atoms with van der Waals surface area (Å²) in [6.07, 6.45) is 1.18. The molecule has 1 N–H and O–H groups in total. The summed E-state index contributed by atoms with van der Waals surface area (Å²) in [5.74, 6) is 0.716. The topological polar surface area (TPSA) is 88.0 Å². The molecule has 2 aromatic rings. The molecule has 0 saturated carbocycles. The predicted octanol–water partition coefficient (Wildman–Crippen LogP) is 2.10. The third-order valence-electron chi connectivity index (χ3n) is 2.22. The average Bonchev–Trinajstić information content (AvgIpc) is 2.43. The number of H-pyrrole nitrogens is 1. The van der Waals surface area contributed by atoms with Crippen LogP contribution in [0.1, 0.15) is 5.56 Å². The van der Waals surface area contributed by atoms with Crippen LogP contribution < -0.4 is 15.0 Å². The van der Waals surface area contributed by atoms with E-state index in [2.05, 4.69) is 9.97 Å². The minimum Gasteiger partial charge on any atom is -0.497 e. The second-order valence-electron chi connectivity index (χ2n) is 3.46. The monoisotopic (exact) mass is 277 g/mol. The Morgan fingerprint density at radius 3 is 2.79 bits per heavy atom. The van der Waals surface area contributed by atoms with Crippen molar-refractivity contribution < 1.29 is 9.47 Å². The summed E-state index contributed by atoms with van der Waals surface area (Å²) in [5, 5.41) is 8.73. The number of nitriles is 1. The van der Waals surface area contributed by atoms with Crippen LogP contribution in [0.15, 0.2) is 29.3 Å². The summed E-state index contributed by atoms with van der Waals surface area (Å²) in [4.78, 5) is 17.4. The number of methoxy groups -OCH3 is 1. The summed E-state index contributed by atoms with van der Waals surface area (Å²) >= 11 is 5.76. The van der Waals surface area contributed by atoms with Crippen LogP contribution >= 0.6 is 11.6 Å². The Morgan fingerprint density at radius 1 is 1.37 bits per heavy atom. The summed E-state index contributed by atoms with van der Waals surface area (Å²) < 4.78 is 10.4. The number of ether oxygens (including phenoxy) is 2. The van der Waals surface area contributed by atoms with Crippen LogP contribution in [0, 0.1) is 11.3 Å². The van der Waals surface area contributed by atoms with Gasteiger partial charge in [-0.15, -0.1) is 0 Å². The van der Waals surface area contributed by atoms with E-state index < -0.39 is 5.56 Å². The van der Waals surface area contributed by atoms with E-state index in [1.165, 1.54) is 19.5 Å². The second-order valence-corrected chi connectivity index (χ2v) is 3.84. The van der Waals surface area contributed by atoms with Crippen molar-refractivity contribution >= 4 is 11.6 Å². The molecule has 0 aliphatic heterocycles. The van der Waals surface area contributed by atoms with E-state index in [4.69, 9.17) is 26.3 Å². The van der Waals surface area contributed by atoms with Gasteiger partial charge < -0.3 is 14.5 Å². The van der Waals surface area contributed by atoms with Crippen molar-refractivity contribution in [3.8, 4) is 23.4 Å². The normalized spacial score (nSPS) is 9.74. The van der Waals surface area contributed by atoms with Crippen LogP contribution in [-0.4, -0.2) is 17.1 Å². The molecule has 0 radical (unpaired) electrons. The van der Waals surface area contributed by atoms with Gasteiger partial charge >= 0.3 is 0 Å². The summed E-state index contributed by atoms with van der Waals surface area (Å²) in [5.41, 5.74) is -0.148. The van der Waals surface area contributed by atoms with Gasteiger partial charge in [-0.05, 0) is 12.1 Å². The maximum absolute atomic E-state index is 11.3. The molecule has 19 heavy (non-hydrogen) atoms. The number of hydrogen-bond acceptors (Lipinski definition) is 5. The maximum Gasteiger partial charge on any atom is 0.273 e. The van der Waals surface area contributed by atoms with Gasteiger partial charge in [0.2, 0.25) is 5.88 Å². The fourth-order valence-corrected chi connectivity index (χ4v) is 1.50. The Hall–Kier alpha value is -2.52. The molecule has 96 valence electrons. The fraction of sp³-hybridized carbons (Fsp3) is 0.0833. The predicted molar refractivity (Wildman–Crippen MR) is 67.7 cm³/mol. The summed E-state index contributed by atoms with van der Waals surface area (Å²) in [6.45, 7) is 0. The third kappa shape index (κ3) is 2.84. The molecule has 1 aromatic carbocycles. The Bertz CT molecular complexity index is 706. The van der Waals surface area contributed by atoms with E-state index in [1.807, 2.05) is 6.07 Å². The number of halogens is 1. The van der Waals surface area contributed by atoms with E-state index in [1.54, 1.807) is 12.1 Å². The zero-order chi connectivity index (χ0) is 13.8. The number of aromatic amines is 1. The molecule has 1 aromatic heterocycles. The number of aromatic nitrogens is 2. The van der Waals surface area contributed by atoms with Gasteiger partial charge in [0.25, 0.3) is 5.56 Å². The highest BCUT2D eigenvalue weighted by molar-refractivity contribution is 6.31. The standard InChI is InChI=1S/C12H8ClN3O3/c1-18-8-2-7(5-14)3-9(4-8)19-12-10(13)11(17)15-6-16-12/h2-4,6H,1H3,(H,15,16,17). The minimum absolute atomic E-state index is 0.0393. The van der Waals surface area contributed by atoms with Crippen molar-refractivity contribution in [1.82, 2.24) is 9.97 Å². The number of rotatable bonds is 3. The van der Waals surface area contributed by atoms with Gasteiger partial charge in [0, 0.05) is 6.07 Å². The largest absolute Gasteiger partial charge is 0.497 e. The molecule has 0 bridgehead atoms. The first-order valence-corrected chi connectivity index (χ1v) is 5.52. The molecule has 0 fully saturated rings. The fourth-order valence-electron chi connectivity index (χ4n) is 1.36. The lowest BCUT2D eigenvalue weighted by Gasteiger charge is -2.07. The molecule has 0 unspecified atom stereocenters. The van der Waals surface area contributed by atoms with Crippen LogP contribution in [0.2, 0.25) is 5.02 Å². The summed E-state index contributed by atoms with van der Waals surface area (Å²) in [7, 11) is 1.47.